The lowest BCUT2D eigenvalue weighted by atomic mass is 10.0. The maximum atomic E-state index is 12.4. The molecule has 0 aromatic heterocycles. The SMILES string of the molecule is CC/C=C\C/C=C\C/C=C\C/C=C\CCCCCCCCCCC(=O)OC(CO)COP(=O)(O)OCC(CO)OC(=O)CCCCCCCCCCCCCCCCCCCC. The molecular formula is C51H93O10P. The molecule has 0 saturated heterocycles. The number of rotatable bonds is 47. The highest BCUT2D eigenvalue weighted by molar-refractivity contribution is 7.47. The van der Waals surface area contributed by atoms with Crippen molar-refractivity contribution < 1.29 is 47.8 Å². The molecule has 0 fully saturated rings. The van der Waals surface area contributed by atoms with E-state index in [1.807, 2.05) is 0 Å². The highest BCUT2D eigenvalue weighted by atomic mass is 31.2. The van der Waals surface area contributed by atoms with Gasteiger partial charge in [0.15, 0.2) is 0 Å². The van der Waals surface area contributed by atoms with E-state index >= 15 is 0 Å². The molecule has 0 saturated carbocycles. The Morgan fingerprint density at radius 2 is 0.758 bits per heavy atom. The monoisotopic (exact) mass is 897 g/mol. The molecule has 11 heteroatoms. The number of carbonyl (C=O) groups excluding carboxylic acids is 2. The van der Waals surface area contributed by atoms with E-state index in [0.717, 1.165) is 70.6 Å². The summed E-state index contributed by atoms with van der Waals surface area (Å²) in [6.07, 6.45) is 52.2. The lowest BCUT2D eigenvalue weighted by molar-refractivity contribution is -0.153. The summed E-state index contributed by atoms with van der Waals surface area (Å²) in [6, 6.07) is 0. The van der Waals surface area contributed by atoms with E-state index in [-0.39, 0.29) is 12.8 Å². The standard InChI is InChI=1S/C51H93O10P/c1-3-5-7-9-11-13-15-17-19-21-23-24-25-27-29-31-33-35-37-39-41-43-51(55)61-49(45-53)47-59-62(56,57)58-46-48(44-52)60-50(54)42-40-38-36-34-32-30-28-26-22-20-18-16-14-12-10-8-6-4-2/h5,7,11,13,17,19,23-24,48-49,52-53H,3-4,6,8-10,12,14-16,18,20-22,25-47H2,1-2H3,(H,56,57)/b7-5-,13-11-,19-17-,24-23-. The summed E-state index contributed by atoms with van der Waals surface area (Å²) >= 11 is 0. The highest BCUT2D eigenvalue weighted by Gasteiger charge is 2.27. The molecule has 0 aliphatic rings. The zero-order valence-electron chi connectivity index (χ0n) is 39.6. The molecule has 362 valence electrons. The van der Waals surface area contributed by atoms with Crippen molar-refractivity contribution in [1.29, 1.82) is 0 Å². The summed E-state index contributed by atoms with van der Waals surface area (Å²) in [4.78, 5) is 34.7. The van der Waals surface area contributed by atoms with E-state index in [9.17, 15) is 29.3 Å². The molecule has 0 aliphatic heterocycles. The molecule has 0 spiro atoms. The first-order valence-electron chi connectivity index (χ1n) is 25.1. The second-order valence-corrected chi connectivity index (χ2v) is 18.2. The number of unbranched alkanes of at least 4 members (excludes halogenated alkanes) is 25. The van der Waals surface area contributed by atoms with Gasteiger partial charge in [0.2, 0.25) is 0 Å². The first-order chi connectivity index (χ1) is 30.3. The fourth-order valence-corrected chi connectivity index (χ4v) is 7.77. The van der Waals surface area contributed by atoms with Crippen LogP contribution in [-0.4, -0.2) is 65.7 Å². The third-order valence-electron chi connectivity index (χ3n) is 10.8. The first kappa shape index (κ1) is 59.9. The van der Waals surface area contributed by atoms with Crippen LogP contribution in [0.5, 0.6) is 0 Å². The quantitative estimate of drug-likeness (QED) is 0.0233. The van der Waals surface area contributed by atoms with Crippen LogP contribution in [0.15, 0.2) is 48.6 Å². The van der Waals surface area contributed by atoms with Crippen LogP contribution < -0.4 is 0 Å². The number of carbonyl (C=O) groups is 2. The van der Waals surface area contributed by atoms with Crippen molar-refractivity contribution in [3.05, 3.63) is 48.6 Å². The van der Waals surface area contributed by atoms with Gasteiger partial charge in [0.1, 0.15) is 12.2 Å². The number of aliphatic hydroxyl groups is 2. The van der Waals surface area contributed by atoms with Gasteiger partial charge in [-0.2, -0.15) is 0 Å². The number of phosphoric acid groups is 1. The average Bonchev–Trinajstić information content (AvgIpc) is 3.26. The molecule has 3 atom stereocenters. The molecule has 0 amide bonds. The van der Waals surface area contributed by atoms with E-state index in [0.29, 0.717) is 12.8 Å². The maximum absolute atomic E-state index is 12.4. The molecule has 0 aliphatic carbocycles. The summed E-state index contributed by atoms with van der Waals surface area (Å²) in [5.41, 5.74) is 0. The molecule has 0 aromatic carbocycles. The van der Waals surface area contributed by atoms with Crippen LogP contribution in [0.2, 0.25) is 0 Å². The second-order valence-electron chi connectivity index (χ2n) is 16.8. The van der Waals surface area contributed by atoms with Gasteiger partial charge in [0, 0.05) is 12.8 Å². The minimum absolute atomic E-state index is 0.182. The van der Waals surface area contributed by atoms with Gasteiger partial charge in [-0.25, -0.2) is 4.57 Å². The minimum atomic E-state index is -4.64. The smallest absolute Gasteiger partial charge is 0.457 e. The van der Waals surface area contributed by atoms with Gasteiger partial charge >= 0.3 is 19.8 Å². The molecule has 0 aromatic rings. The summed E-state index contributed by atoms with van der Waals surface area (Å²) < 4.78 is 32.7. The minimum Gasteiger partial charge on any atom is -0.457 e. The Morgan fingerprint density at radius 1 is 0.452 bits per heavy atom. The topological polar surface area (TPSA) is 149 Å². The Morgan fingerprint density at radius 3 is 1.10 bits per heavy atom. The van der Waals surface area contributed by atoms with Crippen molar-refractivity contribution in [3.8, 4) is 0 Å². The van der Waals surface area contributed by atoms with Gasteiger partial charge < -0.3 is 24.6 Å². The van der Waals surface area contributed by atoms with Crippen molar-refractivity contribution in [2.24, 2.45) is 0 Å². The third kappa shape index (κ3) is 44.5. The van der Waals surface area contributed by atoms with Crippen molar-refractivity contribution in [1.82, 2.24) is 0 Å². The maximum Gasteiger partial charge on any atom is 0.472 e. The summed E-state index contributed by atoms with van der Waals surface area (Å²) in [5.74, 6) is -1.02. The van der Waals surface area contributed by atoms with Crippen LogP contribution in [0.4, 0.5) is 0 Å². The molecule has 0 bridgehead atoms. The molecule has 62 heavy (non-hydrogen) atoms. The van der Waals surface area contributed by atoms with Crippen LogP contribution in [0.3, 0.4) is 0 Å². The van der Waals surface area contributed by atoms with Crippen LogP contribution in [0.1, 0.15) is 226 Å². The summed E-state index contributed by atoms with van der Waals surface area (Å²) in [5, 5.41) is 19.2. The molecule has 0 radical (unpaired) electrons. The first-order valence-corrected chi connectivity index (χ1v) is 26.6. The summed E-state index contributed by atoms with van der Waals surface area (Å²) in [7, 11) is -4.64. The second kappa shape index (κ2) is 46.9. The van der Waals surface area contributed by atoms with Crippen LogP contribution in [0, 0.1) is 0 Å². The number of hydrogen-bond acceptors (Lipinski definition) is 9. The Kier molecular flexibility index (Phi) is 45.3. The molecule has 10 nitrogen and oxygen atoms in total. The molecule has 3 unspecified atom stereocenters. The fourth-order valence-electron chi connectivity index (χ4n) is 6.99. The lowest BCUT2D eigenvalue weighted by Gasteiger charge is -2.20. The van der Waals surface area contributed by atoms with Crippen molar-refractivity contribution >= 4 is 19.8 Å². The Hall–Kier alpha value is -2.07. The van der Waals surface area contributed by atoms with E-state index < -0.39 is 58.4 Å². The van der Waals surface area contributed by atoms with E-state index in [1.165, 1.54) is 116 Å². The Bertz CT molecular complexity index is 1170. The normalized spacial score (nSPS) is 14.1. The zero-order chi connectivity index (χ0) is 45.5. The van der Waals surface area contributed by atoms with Crippen molar-refractivity contribution in [2.75, 3.05) is 26.4 Å². The van der Waals surface area contributed by atoms with Gasteiger partial charge in [0.25, 0.3) is 0 Å². The van der Waals surface area contributed by atoms with Crippen molar-refractivity contribution in [2.45, 2.75) is 238 Å². The van der Waals surface area contributed by atoms with Crippen LogP contribution in [0.25, 0.3) is 0 Å². The molecule has 3 N–H and O–H groups in total. The lowest BCUT2D eigenvalue weighted by Crippen LogP contribution is -2.28. The number of esters is 2. The van der Waals surface area contributed by atoms with E-state index in [1.54, 1.807) is 0 Å². The van der Waals surface area contributed by atoms with E-state index in [2.05, 4.69) is 62.5 Å². The Balaban J connectivity index is 3.85. The number of ether oxygens (including phenoxy) is 2. The predicted molar refractivity (Wildman–Crippen MR) is 256 cm³/mol. The fraction of sp³-hybridized carbons (Fsp3) is 0.804. The number of hydrogen-bond donors (Lipinski definition) is 3. The van der Waals surface area contributed by atoms with Crippen LogP contribution >= 0.6 is 7.82 Å². The van der Waals surface area contributed by atoms with Gasteiger partial charge in [-0.15, -0.1) is 0 Å². The van der Waals surface area contributed by atoms with Crippen LogP contribution in [-0.2, 0) is 32.7 Å². The van der Waals surface area contributed by atoms with Gasteiger partial charge in [-0.05, 0) is 51.4 Å². The van der Waals surface area contributed by atoms with E-state index in [4.69, 9.17) is 18.5 Å². The number of phosphoric ester groups is 1. The largest absolute Gasteiger partial charge is 0.472 e. The zero-order valence-corrected chi connectivity index (χ0v) is 40.5. The molecule has 0 rings (SSSR count). The molecule has 0 heterocycles. The Labute approximate surface area is 379 Å². The van der Waals surface area contributed by atoms with Gasteiger partial charge in [-0.1, -0.05) is 210 Å². The van der Waals surface area contributed by atoms with Crippen molar-refractivity contribution in [3.63, 3.8) is 0 Å². The highest BCUT2D eigenvalue weighted by Crippen LogP contribution is 2.43. The van der Waals surface area contributed by atoms with Gasteiger partial charge in [-0.3, -0.25) is 18.6 Å². The van der Waals surface area contributed by atoms with Gasteiger partial charge in [0.05, 0.1) is 26.4 Å². The molecular weight excluding hydrogens is 804 g/mol. The number of allylic oxidation sites excluding steroid dienone is 8. The average molecular weight is 897 g/mol. The third-order valence-corrected chi connectivity index (χ3v) is 11.8. The predicted octanol–water partition coefficient (Wildman–Crippen LogP) is 14.1. The summed E-state index contributed by atoms with van der Waals surface area (Å²) in [6.45, 7) is 2.12. The number of aliphatic hydroxyl groups excluding tert-OH is 2.